The van der Waals surface area contributed by atoms with Crippen LogP contribution in [-0.2, 0) is 20.9 Å². The summed E-state index contributed by atoms with van der Waals surface area (Å²) in [6.07, 6.45) is -0.00102. The summed E-state index contributed by atoms with van der Waals surface area (Å²) < 4.78 is 16.9. The number of likely N-dealkylation sites (tertiary alicyclic amines) is 1. The van der Waals surface area contributed by atoms with Gasteiger partial charge in [0.05, 0.1) is 24.3 Å². The van der Waals surface area contributed by atoms with Crippen LogP contribution < -0.4 is 9.47 Å². The fraction of sp³-hybridized carbons (Fsp3) is 0.290. The molecule has 198 valence electrons. The number of benzene rings is 3. The van der Waals surface area contributed by atoms with E-state index in [1.54, 1.807) is 30.3 Å². The van der Waals surface area contributed by atoms with E-state index >= 15 is 0 Å². The summed E-state index contributed by atoms with van der Waals surface area (Å²) in [4.78, 5) is 27.7. The van der Waals surface area contributed by atoms with Crippen LogP contribution in [0.2, 0.25) is 0 Å². The molecule has 0 spiro atoms. The first kappa shape index (κ1) is 26.9. The SMILES string of the molecule is COCCN1C(=O)C(=O)/C(=C(\O)c2ccc(OC(C)C)c(C)c2)C1c1ccc(OCc2ccccc2)cc1. The zero-order valence-electron chi connectivity index (χ0n) is 22.1. The van der Waals surface area contributed by atoms with Crippen molar-refractivity contribution >= 4 is 17.4 Å². The number of hydrogen-bond donors (Lipinski definition) is 1. The maximum absolute atomic E-state index is 13.2. The van der Waals surface area contributed by atoms with Gasteiger partial charge in [-0.2, -0.15) is 0 Å². The number of aryl methyl sites for hydroxylation is 1. The van der Waals surface area contributed by atoms with Crippen molar-refractivity contribution in [3.8, 4) is 11.5 Å². The molecule has 1 aliphatic rings. The topological polar surface area (TPSA) is 85.3 Å². The van der Waals surface area contributed by atoms with Crippen molar-refractivity contribution in [3.63, 3.8) is 0 Å². The molecule has 3 aromatic rings. The van der Waals surface area contributed by atoms with Crippen LogP contribution in [-0.4, -0.2) is 48.1 Å². The van der Waals surface area contributed by atoms with Gasteiger partial charge in [-0.05, 0) is 67.8 Å². The molecule has 3 aromatic carbocycles. The molecule has 0 bridgehead atoms. The fourth-order valence-corrected chi connectivity index (χ4v) is 4.47. The standard InChI is InChI=1S/C31H33NO6/c1-20(2)38-26-15-12-24(18-21(26)3)29(33)27-28(32(16-17-36-4)31(35)30(27)34)23-10-13-25(14-11-23)37-19-22-8-6-5-7-9-22/h5-15,18,20,28,33H,16-17,19H2,1-4H3/b29-27-. The molecule has 1 heterocycles. The Kier molecular flexibility index (Phi) is 8.48. The quantitative estimate of drug-likeness (QED) is 0.220. The van der Waals surface area contributed by atoms with Crippen LogP contribution in [0.4, 0.5) is 0 Å². The van der Waals surface area contributed by atoms with Gasteiger partial charge in [-0.3, -0.25) is 9.59 Å². The van der Waals surface area contributed by atoms with Crippen molar-refractivity contribution in [1.29, 1.82) is 0 Å². The smallest absolute Gasteiger partial charge is 0.295 e. The molecule has 1 atom stereocenters. The minimum Gasteiger partial charge on any atom is -0.507 e. The van der Waals surface area contributed by atoms with E-state index in [1.165, 1.54) is 12.0 Å². The highest BCUT2D eigenvalue weighted by Gasteiger charge is 2.45. The van der Waals surface area contributed by atoms with E-state index in [9.17, 15) is 14.7 Å². The zero-order chi connectivity index (χ0) is 27.2. The lowest BCUT2D eigenvalue weighted by atomic mass is 9.94. The highest BCUT2D eigenvalue weighted by molar-refractivity contribution is 6.46. The summed E-state index contributed by atoms with van der Waals surface area (Å²) in [6.45, 7) is 6.62. The van der Waals surface area contributed by atoms with Crippen molar-refractivity contribution in [2.45, 2.75) is 39.5 Å². The molecule has 7 nitrogen and oxygen atoms in total. The second-order valence-corrected chi connectivity index (χ2v) is 9.48. The molecule has 4 rings (SSSR count). The van der Waals surface area contributed by atoms with Gasteiger partial charge in [0.15, 0.2) is 0 Å². The third-order valence-electron chi connectivity index (χ3n) is 6.33. The third kappa shape index (κ3) is 5.89. The first-order valence-electron chi connectivity index (χ1n) is 12.6. The molecule has 1 amide bonds. The number of ether oxygens (including phenoxy) is 3. The maximum atomic E-state index is 13.2. The Hall–Kier alpha value is -4.10. The monoisotopic (exact) mass is 515 g/mol. The average Bonchev–Trinajstić information content (AvgIpc) is 3.17. The first-order chi connectivity index (χ1) is 18.3. The highest BCUT2D eigenvalue weighted by Crippen LogP contribution is 2.40. The van der Waals surface area contributed by atoms with Crippen LogP contribution in [0.5, 0.6) is 11.5 Å². The molecule has 1 saturated heterocycles. The van der Waals surface area contributed by atoms with Crippen LogP contribution in [0.25, 0.3) is 5.76 Å². The van der Waals surface area contributed by atoms with Gasteiger partial charge in [0, 0.05) is 19.2 Å². The lowest BCUT2D eigenvalue weighted by Gasteiger charge is -2.25. The fourth-order valence-electron chi connectivity index (χ4n) is 4.47. The zero-order valence-corrected chi connectivity index (χ0v) is 22.1. The normalized spacial score (nSPS) is 16.8. The number of carbonyl (C=O) groups is 2. The molecule has 0 saturated carbocycles. The Morgan fingerprint density at radius 3 is 2.34 bits per heavy atom. The van der Waals surface area contributed by atoms with E-state index in [0.717, 1.165) is 11.1 Å². The lowest BCUT2D eigenvalue weighted by Crippen LogP contribution is -2.32. The van der Waals surface area contributed by atoms with Gasteiger partial charge in [-0.1, -0.05) is 42.5 Å². The molecular formula is C31H33NO6. The second kappa shape index (κ2) is 12.0. The predicted octanol–water partition coefficient (Wildman–Crippen LogP) is 5.43. The number of rotatable bonds is 10. The predicted molar refractivity (Wildman–Crippen MR) is 145 cm³/mol. The Morgan fingerprint density at radius 1 is 1.00 bits per heavy atom. The van der Waals surface area contributed by atoms with E-state index in [4.69, 9.17) is 14.2 Å². The summed E-state index contributed by atoms with van der Waals surface area (Å²) in [5.41, 5.74) is 3.03. The van der Waals surface area contributed by atoms with Crippen molar-refractivity contribution in [1.82, 2.24) is 4.90 Å². The maximum Gasteiger partial charge on any atom is 0.295 e. The van der Waals surface area contributed by atoms with Crippen molar-refractivity contribution in [2.24, 2.45) is 0 Å². The van der Waals surface area contributed by atoms with Crippen LogP contribution in [0.1, 0.15) is 42.1 Å². The van der Waals surface area contributed by atoms with Crippen LogP contribution >= 0.6 is 0 Å². The summed E-state index contributed by atoms with van der Waals surface area (Å²) in [7, 11) is 1.54. The number of ketones is 1. The highest BCUT2D eigenvalue weighted by atomic mass is 16.5. The van der Waals surface area contributed by atoms with Gasteiger partial charge in [0.1, 0.15) is 23.9 Å². The van der Waals surface area contributed by atoms with Crippen LogP contribution in [0.15, 0.2) is 78.4 Å². The van der Waals surface area contributed by atoms with E-state index in [2.05, 4.69) is 0 Å². The Labute approximate surface area is 223 Å². The van der Waals surface area contributed by atoms with E-state index in [1.807, 2.05) is 63.2 Å². The van der Waals surface area contributed by atoms with E-state index in [-0.39, 0.29) is 30.6 Å². The van der Waals surface area contributed by atoms with E-state index in [0.29, 0.717) is 29.2 Å². The van der Waals surface area contributed by atoms with Crippen LogP contribution in [0.3, 0.4) is 0 Å². The van der Waals surface area contributed by atoms with Crippen molar-refractivity contribution < 1.29 is 28.9 Å². The number of hydrogen-bond acceptors (Lipinski definition) is 6. The second-order valence-electron chi connectivity index (χ2n) is 9.48. The molecule has 0 radical (unpaired) electrons. The molecule has 1 fully saturated rings. The summed E-state index contributed by atoms with van der Waals surface area (Å²) >= 11 is 0. The first-order valence-corrected chi connectivity index (χ1v) is 12.6. The Morgan fingerprint density at radius 2 is 1.71 bits per heavy atom. The molecule has 38 heavy (non-hydrogen) atoms. The number of methoxy groups -OCH3 is 1. The summed E-state index contributed by atoms with van der Waals surface area (Å²) in [5.74, 6) is -0.276. The largest absolute Gasteiger partial charge is 0.507 e. The molecular weight excluding hydrogens is 482 g/mol. The van der Waals surface area contributed by atoms with Gasteiger partial charge in [-0.15, -0.1) is 0 Å². The molecule has 0 aliphatic carbocycles. The number of Topliss-reactive ketones (excluding diaryl/α,β-unsaturated/α-hetero) is 1. The van der Waals surface area contributed by atoms with Gasteiger partial charge < -0.3 is 24.2 Å². The number of aliphatic hydroxyl groups excluding tert-OH is 1. The lowest BCUT2D eigenvalue weighted by molar-refractivity contribution is -0.140. The molecule has 1 N–H and O–H groups in total. The number of aliphatic hydroxyl groups is 1. The Bertz CT molecular complexity index is 1310. The molecule has 1 aliphatic heterocycles. The summed E-state index contributed by atoms with van der Waals surface area (Å²) in [5, 5.41) is 11.3. The number of amides is 1. The minimum absolute atomic E-state index is 0.00102. The number of nitrogens with zero attached hydrogens (tertiary/aromatic N) is 1. The molecule has 0 aromatic heterocycles. The average molecular weight is 516 g/mol. The van der Waals surface area contributed by atoms with Gasteiger partial charge in [0.25, 0.3) is 11.7 Å². The van der Waals surface area contributed by atoms with Crippen molar-refractivity contribution in [2.75, 3.05) is 20.3 Å². The Balaban J connectivity index is 1.68. The summed E-state index contributed by atoms with van der Waals surface area (Å²) in [6, 6.07) is 21.5. The van der Waals surface area contributed by atoms with Gasteiger partial charge >= 0.3 is 0 Å². The van der Waals surface area contributed by atoms with E-state index < -0.39 is 17.7 Å². The minimum atomic E-state index is -0.764. The molecule has 7 heteroatoms. The van der Waals surface area contributed by atoms with Gasteiger partial charge in [-0.25, -0.2) is 0 Å². The number of carbonyl (C=O) groups excluding carboxylic acids is 2. The van der Waals surface area contributed by atoms with Crippen molar-refractivity contribution in [3.05, 3.63) is 101 Å². The van der Waals surface area contributed by atoms with Gasteiger partial charge in [0.2, 0.25) is 0 Å². The third-order valence-corrected chi connectivity index (χ3v) is 6.33. The molecule has 1 unspecified atom stereocenters. The van der Waals surface area contributed by atoms with Crippen LogP contribution in [0, 0.1) is 6.92 Å².